The maximum absolute atomic E-state index is 12.0. The molecule has 4 nitrogen and oxygen atoms in total. The van der Waals surface area contributed by atoms with Crippen LogP contribution in [0.2, 0.25) is 0 Å². The third-order valence-corrected chi connectivity index (χ3v) is 3.61. The standard InChI is InChI=1S/C18H21NO3/c1-13-5-3-4-6-15(13)11-18(21)19-12-17(20)14-7-9-16(22-2)10-8-14/h3-10,17,20H,11-12H2,1-2H3,(H,19,21). The molecule has 116 valence electrons. The highest BCUT2D eigenvalue weighted by Crippen LogP contribution is 2.17. The second-order valence-corrected chi connectivity index (χ2v) is 5.20. The number of ether oxygens (including phenoxy) is 1. The highest BCUT2D eigenvalue weighted by molar-refractivity contribution is 5.78. The van der Waals surface area contributed by atoms with Crippen LogP contribution < -0.4 is 10.1 Å². The molecule has 0 aliphatic rings. The molecule has 4 heteroatoms. The number of benzene rings is 2. The summed E-state index contributed by atoms with van der Waals surface area (Å²) in [6, 6.07) is 14.9. The number of aryl methyl sites for hydroxylation is 1. The third kappa shape index (κ3) is 4.33. The molecule has 0 saturated carbocycles. The van der Waals surface area contributed by atoms with Gasteiger partial charge in [-0.1, -0.05) is 36.4 Å². The van der Waals surface area contributed by atoms with E-state index in [1.165, 1.54) is 0 Å². The Bertz CT molecular complexity index is 622. The van der Waals surface area contributed by atoms with Crippen molar-refractivity contribution in [3.8, 4) is 5.75 Å². The first-order valence-corrected chi connectivity index (χ1v) is 7.23. The number of hydrogen-bond donors (Lipinski definition) is 2. The van der Waals surface area contributed by atoms with Crippen molar-refractivity contribution >= 4 is 5.91 Å². The van der Waals surface area contributed by atoms with Crippen molar-refractivity contribution in [2.45, 2.75) is 19.4 Å². The van der Waals surface area contributed by atoms with Gasteiger partial charge in [0.25, 0.3) is 0 Å². The number of nitrogens with one attached hydrogen (secondary N) is 1. The Hall–Kier alpha value is -2.33. The summed E-state index contributed by atoms with van der Waals surface area (Å²) in [6.07, 6.45) is -0.408. The molecule has 1 unspecified atom stereocenters. The van der Waals surface area contributed by atoms with Crippen LogP contribution in [0.4, 0.5) is 0 Å². The third-order valence-electron chi connectivity index (χ3n) is 3.61. The lowest BCUT2D eigenvalue weighted by atomic mass is 10.1. The smallest absolute Gasteiger partial charge is 0.224 e. The summed E-state index contributed by atoms with van der Waals surface area (Å²) in [6.45, 7) is 2.17. The van der Waals surface area contributed by atoms with Crippen LogP contribution >= 0.6 is 0 Å². The highest BCUT2D eigenvalue weighted by atomic mass is 16.5. The van der Waals surface area contributed by atoms with Crippen LogP contribution in [0.5, 0.6) is 5.75 Å². The molecule has 0 aliphatic carbocycles. The Morgan fingerprint density at radius 1 is 1.18 bits per heavy atom. The summed E-state index contributed by atoms with van der Waals surface area (Å²) in [5, 5.41) is 12.9. The quantitative estimate of drug-likeness (QED) is 0.861. The molecule has 2 aromatic rings. The number of aliphatic hydroxyl groups is 1. The van der Waals surface area contributed by atoms with E-state index in [0.29, 0.717) is 6.42 Å². The molecular formula is C18H21NO3. The minimum Gasteiger partial charge on any atom is -0.497 e. The molecule has 0 spiro atoms. The number of amides is 1. The molecule has 0 saturated heterocycles. The van der Waals surface area contributed by atoms with Crippen LogP contribution in [0.1, 0.15) is 22.8 Å². The van der Waals surface area contributed by atoms with Gasteiger partial charge in [-0.05, 0) is 35.7 Å². The number of carbonyl (C=O) groups is 1. The van der Waals surface area contributed by atoms with Gasteiger partial charge in [0.15, 0.2) is 0 Å². The van der Waals surface area contributed by atoms with E-state index in [1.54, 1.807) is 31.4 Å². The molecule has 22 heavy (non-hydrogen) atoms. The maximum atomic E-state index is 12.0. The molecule has 0 fully saturated rings. The Kier molecular flexibility index (Phi) is 5.55. The van der Waals surface area contributed by atoms with E-state index >= 15 is 0 Å². The van der Waals surface area contributed by atoms with Gasteiger partial charge in [-0.2, -0.15) is 0 Å². The zero-order valence-corrected chi connectivity index (χ0v) is 12.9. The molecule has 2 N–H and O–H groups in total. The second kappa shape index (κ2) is 7.61. The maximum Gasteiger partial charge on any atom is 0.224 e. The van der Waals surface area contributed by atoms with Crippen LogP contribution in [-0.4, -0.2) is 24.7 Å². The van der Waals surface area contributed by atoms with E-state index in [2.05, 4.69) is 5.32 Å². The van der Waals surface area contributed by atoms with Crippen molar-refractivity contribution in [3.63, 3.8) is 0 Å². The first kappa shape index (κ1) is 16.0. The van der Waals surface area contributed by atoms with Gasteiger partial charge in [-0.3, -0.25) is 4.79 Å². The van der Waals surface area contributed by atoms with Crippen LogP contribution in [0.25, 0.3) is 0 Å². The fourth-order valence-electron chi connectivity index (χ4n) is 2.20. The molecular weight excluding hydrogens is 278 g/mol. The molecule has 0 aliphatic heterocycles. The van der Waals surface area contributed by atoms with Crippen molar-refractivity contribution in [1.29, 1.82) is 0 Å². The minimum atomic E-state index is -0.730. The first-order chi connectivity index (χ1) is 10.6. The van der Waals surface area contributed by atoms with Gasteiger partial charge in [0, 0.05) is 6.54 Å². The van der Waals surface area contributed by atoms with Crippen LogP contribution in [0.15, 0.2) is 48.5 Å². The monoisotopic (exact) mass is 299 g/mol. The summed E-state index contributed by atoms with van der Waals surface area (Å²) >= 11 is 0. The minimum absolute atomic E-state index is 0.0955. The van der Waals surface area contributed by atoms with Crippen molar-refractivity contribution in [2.75, 3.05) is 13.7 Å². The van der Waals surface area contributed by atoms with Crippen molar-refractivity contribution in [3.05, 3.63) is 65.2 Å². The van der Waals surface area contributed by atoms with Crippen molar-refractivity contribution < 1.29 is 14.6 Å². The van der Waals surface area contributed by atoms with Crippen LogP contribution in [0, 0.1) is 6.92 Å². The predicted octanol–water partition coefficient (Wildman–Crippen LogP) is 2.40. The normalized spacial score (nSPS) is 11.8. The molecule has 0 aromatic heterocycles. The molecule has 2 aromatic carbocycles. The van der Waals surface area contributed by atoms with Crippen molar-refractivity contribution in [2.24, 2.45) is 0 Å². The zero-order valence-electron chi connectivity index (χ0n) is 12.9. The van der Waals surface area contributed by atoms with E-state index in [0.717, 1.165) is 22.4 Å². The Labute approximate surface area is 130 Å². The van der Waals surface area contributed by atoms with Crippen LogP contribution in [-0.2, 0) is 11.2 Å². The molecule has 1 amide bonds. The van der Waals surface area contributed by atoms with Gasteiger partial charge in [0.1, 0.15) is 5.75 Å². The van der Waals surface area contributed by atoms with E-state index < -0.39 is 6.10 Å². The topological polar surface area (TPSA) is 58.6 Å². The van der Waals surface area contributed by atoms with E-state index in [4.69, 9.17) is 4.74 Å². The second-order valence-electron chi connectivity index (χ2n) is 5.20. The highest BCUT2D eigenvalue weighted by Gasteiger charge is 2.10. The number of methoxy groups -OCH3 is 1. The van der Waals surface area contributed by atoms with Crippen LogP contribution in [0.3, 0.4) is 0 Å². The molecule has 0 radical (unpaired) electrons. The first-order valence-electron chi connectivity index (χ1n) is 7.23. The number of rotatable bonds is 6. The SMILES string of the molecule is COc1ccc(C(O)CNC(=O)Cc2ccccc2C)cc1. The lowest BCUT2D eigenvalue weighted by molar-refractivity contribution is -0.120. The molecule has 0 heterocycles. The largest absolute Gasteiger partial charge is 0.497 e. The fraction of sp³-hybridized carbons (Fsp3) is 0.278. The summed E-state index contributed by atoms with van der Waals surface area (Å²) in [4.78, 5) is 12.0. The van der Waals surface area contributed by atoms with E-state index in [-0.39, 0.29) is 12.5 Å². The van der Waals surface area contributed by atoms with Gasteiger partial charge >= 0.3 is 0 Å². The van der Waals surface area contributed by atoms with Gasteiger partial charge in [0.2, 0.25) is 5.91 Å². The average molecular weight is 299 g/mol. The Morgan fingerprint density at radius 2 is 1.86 bits per heavy atom. The van der Waals surface area contributed by atoms with Gasteiger partial charge < -0.3 is 15.2 Å². The van der Waals surface area contributed by atoms with Crippen molar-refractivity contribution in [1.82, 2.24) is 5.32 Å². The van der Waals surface area contributed by atoms with Gasteiger partial charge in [-0.25, -0.2) is 0 Å². The Balaban J connectivity index is 1.86. The number of hydrogen-bond acceptors (Lipinski definition) is 3. The number of aliphatic hydroxyl groups excluding tert-OH is 1. The summed E-state index contributed by atoms with van der Waals surface area (Å²) in [7, 11) is 1.59. The molecule has 1 atom stereocenters. The fourth-order valence-corrected chi connectivity index (χ4v) is 2.20. The Morgan fingerprint density at radius 3 is 2.50 bits per heavy atom. The average Bonchev–Trinajstić information content (AvgIpc) is 2.55. The van der Waals surface area contributed by atoms with Gasteiger partial charge in [-0.15, -0.1) is 0 Å². The van der Waals surface area contributed by atoms with E-state index in [9.17, 15) is 9.90 Å². The lowest BCUT2D eigenvalue weighted by Crippen LogP contribution is -2.29. The summed E-state index contributed by atoms with van der Waals surface area (Å²) < 4.78 is 5.07. The van der Waals surface area contributed by atoms with E-state index in [1.807, 2.05) is 31.2 Å². The predicted molar refractivity (Wildman–Crippen MR) is 85.8 cm³/mol. The zero-order chi connectivity index (χ0) is 15.9. The number of carbonyl (C=O) groups excluding carboxylic acids is 1. The summed E-state index contributed by atoms with van der Waals surface area (Å²) in [5.74, 6) is 0.640. The molecule has 0 bridgehead atoms. The van der Waals surface area contributed by atoms with Gasteiger partial charge in [0.05, 0.1) is 19.6 Å². The summed E-state index contributed by atoms with van der Waals surface area (Å²) in [5.41, 5.74) is 2.84. The lowest BCUT2D eigenvalue weighted by Gasteiger charge is -2.13. The molecule has 2 rings (SSSR count).